The molecular formula is C13H19ClN4. The van der Waals surface area contributed by atoms with Gasteiger partial charge in [0.05, 0.1) is 5.69 Å². The summed E-state index contributed by atoms with van der Waals surface area (Å²) >= 11 is 5.74. The predicted molar refractivity (Wildman–Crippen MR) is 71.5 cm³/mol. The Morgan fingerprint density at radius 3 is 2.72 bits per heavy atom. The fraction of sp³-hybridized carbons (Fsp3) is 0.692. The van der Waals surface area contributed by atoms with Crippen molar-refractivity contribution in [3.05, 3.63) is 23.0 Å². The number of likely N-dealkylation sites (tertiary alicyclic amines) is 2. The fourth-order valence-corrected chi connectivity index (χ4v) is 3.12. The Hall–Kier alpha value is -0.710. The van der Waals surface area contributed by atoms with Crippen molar-refractivity contribution in [2.45, 2.75) is 31.8 Å². The molecule has 2 aliphatic rings. The zero-order valence-electron chi connectivity index (χ0n) is 10.6. The van der Waals surface area contributed by atoms with Gasteiger partial charge in [0.25, 0.3) is 0 Å². The van der Waals surface area contributed by atoms with Crippen LogP contribution < -0.4 is 0 Å². The minimum Gasteiger partial charge on any atom is -0.299 e. The molecule has 3 heterocycles. The largest absolute Gasteiger partial charge is 0.299 e. The van der Waals surface area contributed by atoms with E-state index >= 15 is 0 Å². The average molecular weight is 267 g/mol. The second kappa shape index (κ2) is 5.51. The second-order valence-corrected chi connectivity index (χ2v) is 5.66. The highest BCUT2D eigenvalue weighted by atomic mass is 35.5. The molecular weight excluding hydrogens is 248 g/mol. The van der Waals surface area contributed by atoms with Crippen molar-refractivity contribution in [2.75, 3.05) is 26.2 Å². The quantitative estimate of drug-likeness (QED) is 0.835. The van der Waals surface area contributed by atoms with Gasteiger partial charge in [0.2, 0.25) is 0 Å². The van der Waals surface area contributed by atoms with Crippen molar-refractivity contribution in [2.24, 2.45) is 0 Å². The Morgan fingerprint density at radius 1 is 1.17 bits per heavy atom. The summed E-state index contributed by atoms with van der Waals surface area (Å²) in [5.74, 6) is 0. The van der Waals surface area contributed by atoms with Gasteiger partial charge in [-0.15, -0.1) is 5.10 Å². The number of hydrogen-bond donors (Lipinski definition) is 0. The molecule has 1 aromatic rings. The van der Waals surface area contributed by atoms with Crippen LogP contribution in [0.1, 0.15) is 25.0 Å². The van der Waals surface area contributed by atoms with E-state index in [4.69, 9.17) is 11.6 Å². The number of halogens is 1. The molecule has 3 rings (SSSR count). The minimum absolute atomic E-state index is 0.468. The van der Waals surface area contributed by atoms with E-state index in [9.17, 15) is 0 Å². The van der Waals surface area contributed by atoms with E-state index in [-0.39, 0.29) is 0 Å². The topological polar surface area (TPSA) is 32.3 Å². The van der Waals surface area contributed by atoms with Gasteiger partial charge in [-0.2, -0.15) is 5.10 Å². The van der Waals surface area contributed by atoms with E-state index < -0.39 is 0 Å². The van der Waals surface area contributed by atoms with Gasteiger partial charge in [0, 0.05) is 25.7 Å². The molecule has 0 radical (unpaired) electrons. The monoisotopic (exact) mass is 266 g/mol. The SMILES string of the molecule is Clc1ccc(CN2CCC(N3CCCC3)C2)nn1. The first-order chi connectivity index (χ1) is 8.81. The lowest BCUT2D eigenvalue weighted by atomic mass is 10.2. The summed E-state index contributed by atoms with van der Waals surface area (Å²) in [6, 6.07) is 4.55. The molecule has 0 aliphatic carbocycles. The third-order valence-corrected chi connectivity index (χ3v) is 4.18. The molecule has 1 atom stereocenters. The molecule has 0 aromatic carbocycles. The highest BCUT2D eigenvalue weighted by molar-refractivity contribution is 6.29. The summed E-state index contributed by atoms with van der Waals surface area (Å²) in [6.07, 6.45) is 4.04. The normalized spacial score (nSPS) is 25.9. The first-order valence-electron chi connectivity index (χ1n) is 6.76. The molecule has 18 heavy (non-hydrogen) atoms. The zero-order valence-corrected chi connectivity index (χ0v) is 11.3. The molecule has 5 heteroatoms. The van der Waals surface area contributed by atoms with Crippen LogP contribution in [0.4, 0.5) is 0 Å². The van der Waals surface area contributed by atoms with E-state index in [1.807, 2.05) is 12.1 Å². The van der Waals surface area contributed by atoms with E-state index in [1.54, 1.807) is 0 Å². The highest BCUT2D eigenvalue weighted by Crippen LogP contribution is 2.21. The van der Waals surface area contributed by atoms with Gasteiger partial charge < -0.3 is 0 Å². The molecule has 0 bridgehead atoms. The number of hydrogen-bond acceptors (Lipinski definition) is 4. The maximum Gasteiger partial charge on any atom is 0.151 e. The molecule has 2 fully saturated rings. The molecule has 1 unspecified atom stereocenters. The van der Waals surface area contributed by atoms with Crippen LogP contribution in [0.3, 0.4) is 0 Å². The molecule has 1 aromatic heterocycles. The van der Waals surface area contributed by atoms with Crippen molar-refractivity contribution < 1.29 is 0 Å². The number of rotatable bonds is 3. The van der Waals surface area contributed by atoms with E-state index in [0.29, 0.717) is 5.15 Å². The van der Waals surface area contributed by atoms with E-state index in [0.717, 1.165) is 18.3 Å². The number of nitrogens with zero attached hydrogens (tertiary/aromatic N) is 4. The highest BCUT2D eigenvalue weighted by Gasteiger charge is 2.29. The minimum atomic E-state index is 0.468. The smallest absolute Gasteiger partial charge is 0.151 e. The van der Waals surface area contributed by atoms with Crippen LogP contribution in [0, 0.1) is 0 Å². The van der Waals surface area contributed by atoms with Crippen LogP contribution in [0.25, 0.3) is 0 Å². The van der Waals surface area contributed by atoms with Crippen LogP contribution in [0.15, 0.2) is 12.1 Å². The molecule has 0 spiro atoms. The van der Waals surface area contributed by atoms with Gasteiger partial charge in [0.1, 0.15) is 0 Å². The lowest BCUT2D eigenvalue weighted by Gasteiger charge is -2.23. The maximum absolute atomic E-state index is 5.74. The van der Waals surface area contributed by atoms with Crippen LogP contribution in [-0.2, 0) is 6.54 Å². The summed E-state index contributed by atoms with van der Waals surface area (Å²) in [4.78, 5) is 5.12. The Labute approximate surface area is 113 Å². The summed E-state index contributed by atoms with van der Waals surface area (Å²) in [7, 11) is 0. The van der Waals surface area contributed by atoms with Gasteiger partial charge in [-0.3, -0.25) is 9.80 Å². The van der Waals surface area contributed by atoms with Crippen LogP contribution in [0.2, 0.25) is 5.15 Å². The molecule has 0 saturated carbocycles. The summed E-state index contributed by atoms with van der Waals surface area (Å²) in [6.45, 7) is 5.82. The Balaban J connectivity index is 1.54. The van der Waals surface area contributed by atoms with Gasteiger partial charge in [-0.05, 0) is 44.5 Å². The molecule has 2 saturated heterocycles. The third kappa shape index (κ3) is 2.82. The molecule has 4 nitrogen and oxygen atoms in total. The third-order valence-electron chi connectivity index (χ3n) is 3.98. The first kappa shape index (κ1) is 12.3. The second-order valence-electron chi connectivity index (χ2n) is 5.27. The first-order valence-corrected chi connectivity index (χ1v) is 7.13. The standard InChI is InChI=1S/C13H19ClN4/c14-13-4-3-11(15-16-13)9-17-8-5-12(10-17)18-6-1-2-7-18/h3-4,12H,1-2,5-10H2. The van der Waals surface area contributed by atoms with Crippen molar-refractivity contribution in [3.8, 4) is 0 Å². The lowest BCUT2D eigenvalue weighted by molar-refractivity contribution is 0.229. The molecule has 2 aliphatic heterocycles. The fourth-order valence-electron chi connectivity index (χ4n) is 3.02. The van der Waals surface area contributed by atoms with E-state index in [1.165, 1.54) is 45.4 Å². The summed E-state index contributed by atoms with van der Waals surface area (Å²) in [5.41, 5.74) is 1.02. The number of aromatic nitrogens is 2. The Kier molecular flexibility index (Phi) is 3.77. The predicted octanol–water partition coefficient (Wildman–Crippen LogP) is 1.80. The van der Waals surface area contributed by atoms with Crippen molar-refractivity contribution >= 4 is 11.6 Å². The van der Waals surface area contributed by atoms with E-state index in [2.05, 4.69) is 20.0 Å². The molecule has 0 N–H and O–H groups in total. The van der Waals surface area contributed by atoms with Crippen molar-refractivity contribution in [1.82, 2.24) is 20.0 Å². The van der Waals surface area contributed by atoms with Crippen molar-refractivity contribution in [1.29, 1.82) is 0 Å². The summed E-state index contributed by atoms with van der Waals surface area (Å²) < 4.78 is 0. The van der Waals surface area contributed by atoms with Gasteiger partial charge in [0.15, 0.2) is 5.15 Å². The Morgan fingerprint density at radius 2 is 2.00 bits per heavy atom. The molecule has 0 amide bonds. The lowest BCUT2D eigenvalue weighted by Crippen LogP contribution is -2.35. The zero-order chi connectivity index (χ0) is 12.4. The summed E-state index contributed by atoms with van der Waals surface area (Å²) in [5, 5.41) is 8.49. The molecule has 98 valence electrons. The van der Waals surface area contributed by atoms with Crippen LogP contribution >= 0.6 is 11.6 Å². The van der Waals surface area contributed by atoms with Gasteiger partial charge in [-0.1, -0.05) is 11.6 Å². The maximum atomic E-state index is 5.74. The Bertz CT molecular complexity index is 388. The van der Waals surface area contributed by atoms with Gasteiger partial charge >= 0.3 is 0 Å². The van der Waals surface area contributed by atoms with Crippen molar-refractivity contribution in [3.63, 3.8) is 0 Å². The average Bonchev–Trinajstić information content (AvgIpc) is 3.02. The van der Waals surface area contributed by atoms with Gasteiger partial charge in [-0.25, -0.2) is 0 Å². The van der Waals surface area contributed by atoms with Crippen LogP contribution in [0.5, 0.6) is 0 Å². The van der Waals surface area contributed by atoms with Crippen LogP contribution in [-0.4, -0.2) is 52.2 Å².